The number of sulfonamides is 1. The van der Waals surface area contributed by atoms with Gasteiger partial charge in [-0.25, -0.2) is 8.42 Å². The Morgan fingerprint density at radius 2 is 1.60 bits per heavy atom. The number of rotatable bonds is 7. The first-order chi connectivity index (χ1) is 16.9. The third-order valence-electron chi connectivity index (χ3n) is 6.69. The van der Waals surface area contributed by atoms with E-state index in [1.54, 1.807) is 36.4 Å². The number of carbonyl (C=O) groups excluding carboxylic acids is 1. The highest BCUT2D eigenvalue weighted by molar-refractivity contribution is 7.92. The van der Waals surface area contributed by atoms with Crippen molar-refractivity contribution in [2.45, 2.75) is 38.0 Å². The Bertz CT molecular complexity index is 1520. The zero-order valence-electron chi connectivity index (χ0n) is 19.9. The standard InChI is InChI=1S/C29H28N2O3S/c1-3-21-7-4-5-10-27(21)31(35(33,34)24-16-11-20(2)12-17-24)19-28(32)30-26-18-15-23-14-13-22-8-6-9-25(26)29(22)23/h4-12,15-18H,3,13-14,19H2,1-2H3,(H,30,32). The van der Waals surface area contributed by atoms with E-state index in [0.717, 1.165) is 29.4 Å². The zero-order chi connectivity index (χ0) is 24.6. The van der Waals surface area contributed by atoms with Crippen molar-refractivity contribution in [1.29, 1.82) is 0 Å². The molecule has 1 amide bonds. The summed E-state index contributed by atoms with van der Waals surface area (Å²) in [7, 11) is -3.96. The van der Waals surface area contributed by atoms with Crippen LogP contribution in [0.2, 0.25) is 0 Å². The number of hydrogen-bond acceptors (Lipinski definition) is 3. The van der Waals surface area contributed by atoms with Crippen LogP contribution in [0.5, 0.6) is 0 Å². The molecule has 178 valence electrons. The smallest absolute Gasteiger partial charge is 0.264 e. The first-order valence-corrected chi connectivity index (χ1v) is 13.3. The van der Waals surface area contributed by atoms with Gasteiger partial charge in [-0.05, 0) is 72.5 Å². The van der Waals surface area contributed by atoms with Gasteiger partial charge in [-0.1, -0.05) is 67.1 Å². The Morgan fingerprint density at radius 1 is 0.886 bits per heavy atom. The summed E-state index contributed by atoms with van der Waals surface area (Å²) in [5.74, 6) is -0.384. The molecular formula is C29H28N2O3S. The van der Waals surface area contributed by atoms with E-state index in [1.807, 2.05) is 44.2 Å². The van der Waals surface area contributed by atoms with Gasteiger partial charge >= 0.3 is 0 Å². The van der Waals surface area contributed by atoms with E-state index in [1.165, 1.54) is 20.8 Å². The van der Waals surface area contributed by atoms with Gasteiger partial charge < -0.3 is 5.32 Å². The predicted molar refractivity (Wildman–Crippen MR) is 142 cm³/mol. The van der Waals surface area contributed by atoms with Gasteiger partial charge in [-0.3, -0.25) is 9.10 Å². The topological polar surface area (TPSA) is 66.5 Å². The molecule has 4 aromatic rings. The van der Waals surface area contributed by atoms with Crippen molar-refractivity contribution < 1.29 is 13.2 Å². The molecule has 0 aliphatic heterocycles. The van der Waals surface area contributed by atoms with Crippen molar-refractivity contribution in [1.82, 2.24) is 0 Å². The Balaban J connectivity index is 1.52. The van der Waals surface area contributed by atoms with Crippen LogP contribution >= 0.6 is 0 Å². The number of para-hydroxylation sites is 1. The molecule has 0 atom stereocenters. The maximum atomic E-state index is 13.8. The Labute approximate surface area is 206 Å². The summed E-state index contributed by atoms with van der Waals surface area (Å²) in [5.41, 5.74) is 5.62. The maximum absolute atomic E-state index is 13.8. The second-order valence-corrected chi connectivity index (χ2v) is 10.8. The van der Waals surface area contributed by atoms with Gasteiger partial charge in [-0.15, -0.1) is 0 Å². The average molecular weight is 485 g/mol. The number of aryl methyl sites for hydroxylation is 4. The van der Waals surface area contributed by atoms with Gasteiger partial charge in [-0.2, -0.15) is 0 Å². The summed E-state index contributed by atoms with van der Waals surface area (Å²) < 4.78 is 28.7. The molecule has 0 heterocycles. The van der Waals surface area contributed by atoms with E-state index in [9.17, 15) is 13.2 Å². The monoisotopic (exact) mass is 484 g/mol. The Hall–Kier alpha value is -3.64. The van der Waals surface area contributed by atoms with E-state index in [2.05, 4.69) is 17.4 Å². The average Bonchev–Trinajstić information content (AvgIpc) is 3.29. The molecule has 5 nitrogen and oxygen atoms in total. The van der Waals surface area contributed by atoms with Crippen molar-refractivity contribution in [3.8, 4) is 0 Å². The number of hydrogen-bond donors (Lipinski definition) is 1. The fourth-order valence-electron chi connectivity index (χ4n) is 4.87. The van der Waals surface area contributed by atoms with E-state index >= 15 is 0 Å². The lowest BCUT2D eigenvalue weighted by atomic mass is 10.0. The van der Waals surface area contributed by atoms with E-state index in [0.29, 0.717) is 17.8 Å². The van der Waals surface area contributed by atoms with Crippen LogP contribution in [0, 0.1) is 6.92 Å². The van der Waals surface area contributed by atoms with Gasteiger partial charge in [0.05, 0.1) is 10.6 Å². The normalized spacial score (nSPS) is 12.6. The SMILES string of the molecule is CCc1ccccc1N(CC(=O)Nc1ccc2c3c(cccc13)CC2)S(=O)(=O)c1ccc(C)cc1. The predicted octanol–water partition coefficient (Wildman–Crippen LogP) is 5.64. The second kappa shape index (κ2) is 9.19. The molecule has 6 heteroatoms. The van der Waals surface area contributed by atoms with Crippen LogP contribution in [-0.4, -0.2) is 20.9 Å². The summed E-state index contributed by atoms with van der Waals surface area (Å²) in [6, 6.07) is 24.2. The minimum atomic E-state index is -3.96. The van der Waals surface area contributed by atoms with E-state index < -0.39 is 10.0 Å². The molecule has 0 saturated carbocycles. The van der Waals surface area contributed by atoms with Crippen molar-refractivity contribution in [2.75, 3.05) is 16.2 Å². The lowest BCUT2D eigenvalue weighted by molar-refractivity contribution is -0.114. The summed E-state index contributed by atoms with van der Waals surface area (Å²) in [4.78, 5) is 13.5. The highest BCUT2D eigenvalue weighted by Crippen LogP contribution is 2.35. The molecule has 4 aromatic carbocycles. The van der Waals surface area contributed by atoms with E-state index in [4.69, 9.17) is 0 Å². The molecule has 0 radical (unpaired) electrons. The van der Waals surface area contributed by atoms with Crippen LogP contribution in [0.3, 0.4) is 0 Å². The Kier molecular flexibility index (Phi) is 6.07. The van der Waals surface area contributed by atoms with Crippen LogP contribution in [0.1, 0.15) is 29.2 Å². The van der Waals surface area contributed by atoms with Gasteiger partial charge in [0.2, 0.25) is 5.91 Å². The van der Waals surface area contributed by atoms with Gasteiger partial charge in [0.1, 0.15) is 6.54 Å². The van der Waals surface area contributed by atoms with Crippen LogP contribution < -0.4 is 9.62 Å². The molecule has 1 aliphatic carbocycles. The van der Waals surface area contributed by atoms with E-state index in [-0.39, 0.29) is 17.3 Å². The molecule has 1 aliphatic rings. The molecule has 0 spiro atoms. The number of nitrogens with zero attached hydrogens (tertiary/aromatic N) is 1. The largest absolute Gasteiger partial charge is 0.324 e. The fraction of sp³-hybridized carbons (Fsp3) is 0.207. The highest BCUT2D eigenvalue weighted by Gasteiger charge is 2.29. The van der Waals surface area contributed by atoms with Crippen molar-refractivity contribution in [3.63, 3.8) is 0 Å². The highest BCUT2D eigenvalue weighted by atomic mass is 32.2. The Morgan fingerprint density at radius 3 is 2.34 bits per heavy atom. The number of anilines is 2. The summed E-state index contributed by atoms with van der Waals surface area (Å²) in [5, 5.41) is 5.19. The molecular weight excluding hydrogens is 456 g/mol. The molecule has 0 aromatic heterocycles. The fourth-order valence-corrected chi connectivity index (χ4v) is 6.32. The van der Waals surface area contributed by atoms with Gasteiger partial charge in [0, 0.05) is 11.1 Å². The number of amides is 1. The van der Waals surface area contributed by atoms with Crippen LogP contribution in [0.4, 0.5) is 11.4 Å². The molecule has 0 unspecified atom stereocenters. The molecule has 0 bridgehead atoms. The quantitative estimate of drug-likeness (QED) is 0.369. The maximum Gasteiger partial charge on any atom is 0.264 e. The first kappa shape index (κ1) is 23.1. The summed E-state index contributed by atoms with van der Waals surface area (Å²) in [6.07, 6.45) is 2.65. The minimum Gasteiger partial charge on any atom is -0.324 e. The van der Waals surface area contributed by atoms with Crippen molar-refractivity contribution >= 4 is 38.1 Å². The van der Waals surface area contributed by atoms with Crippen molar-refractivity contribution in [3.05, 3.63) is 101 Å². The molecule has 35 heavy (non-hydrogen) atoms. The second-order valence-electron chi connectivity index (χ2n) is 8.97. The number of carbonyl (C=O) groups is 1. The molecule has 5 rings (SSSR count). The molecule has 1 N–H and O–H groups in total. The third-order valence-corrected chi connectivity index (χ3v) is 8.46. The minimum absolute atomic E-state index is 0.159. The van der Waals surface area contributed by atoms with Crippen LogP contribution in [-0.2, 0) is 34.1 Å². The zero-order valence-corrected chi connectivity index (χ0v) is 20.7. The number of nitrogens with one attached hydrogen (secondary N) is 1. The lowest BCUT2D eigenvalue weighted by Gasteiger charge is -2.26. The third kappa shape index (κ3) is 4.30. The molecule has 0 fully saturated rings. The molecule has 0 saturated heterocycles. The van der Waals surface area contributed by atoms with Crippen LogP contribution in [0.25, 0.3) is 10.8 Å². The van der Waals surface area contributed by atoms with Gasteiger partial charge in [0.25, 0.3) is 10.0 Å². The number of benzene rings is 4. The first-order valence-electron chi connectivity index (χ1n) is 11.9. The summed E-state index contributed by atoms with van der Waals surface area (Å²) in [6.45, 7) is 3.56. The van der Waals surface area contributed by atoms with Crippen LogP contribution in [0.15, 0.2) is 83.8 Å². The summed E-state index contributed by atoms with van der Waals surface area (Å²) >= 11 is 0. The van der Waals surface area contributed by atoms with Crippen molar-refractivity contribution in [2.24, 2.45) is 0 Å². The lowest BCUT2D eigenvalue weighted by Crippen LogP contribution is -2.38. The van der Waals surface area contributed by atoms with Gasteiger partial charge in [0.15, 0.2) is 0 Å².